The van der Waals surface area contributed by atoms with Gasteiger partial charge in [-0.05, 0) is 46.7 Å². The summed E-state index contributed by atoms with van der Waals surface area (Å²) in [4.78, 5) is 26.2. The summed E-state index contributed by atoms with van der Waals surface area (Å²) in [5.74, 6) is -0.128. The minimum atomic E-state index is -0.306. The van der Waals surface area contributed by atoms with Gasteiger partial charge in [0.2, 0.25) is 11.1 Å². The number of nitrogens with one attached hydrogen (secondary N) is 1. The third-order valence-corrected chi connectivity index (χ3v) is 3.92. The molecule has 0 saturated carbocycles. The number of hydrogen-bond donors (Lipinski definition) is 1. The van der Waals surface area contributed by atoms with Crippen molar-refractivity contribution in [1.29, 1.82) is 0 Å². The van der Waals surface area contributed by atoms with Crippen molar-refractivity contribution in [2.24, 2.45) is 0 Å². The maximum atomic E-state index is 11.1. The molecule has 0 radical (unpaired) electrons. The lowest BCUT2D eigenvalue weighted by molar-refractivity contribution is -0.130. The van der Waals surface area contributed by atoms with Crippen molar-refractivity contribution in [1.82, 2.24) is 5.48 Å². The van der Waals surface area contributed by atoms with E-state index in [1.807, 2.05) is 48.5 Å². The fourth-order valence-electron chi connectivity index (χ4n) is 2.28. The molecule has 0 bridgehead atoms. The number of aryl methyl sites for hydroxylation is 2. The fraction of sp³-hybridized carbons (Fsp3) is 0.333. The van der Waals surface area contributed by atoms with E-state index in [0.29, 0.717) is 12.8 Å². The summed E-state index contributed by atoms with van der Waals surface area (Å²) in [7, 11) is 1.43. The van der Waals surface area contributed by atoms with E-state index in [1.165, 1.54) is 18.2 Å². The van der Waals surface area contributed by atoms with Gasteiger partial charge in [0.25, 0.3) is 0 Å². The van der Waals surface area contributed by atoms with E-state index >= 15 is 0 Å². The summed E-state index contributed by atoms with van der Waals surface area (Å²) in [6.07, 6.45) is 2.73. The smallest absolute Gasteiger partial charge is 0.247 e. The molecule has 140 valence electrons. The SMILES string of the molecule is CCc1ccc(CC(=O)Cl)cc1.CCc1ccc(CC(=O)NOC)cc1. The Kier molecular flexibility index (Phi) is 10.3. The summed E-state index contributed by atoms with van der Waals surface area (Å²) in [5.41, 5.74) is 6.82. The molecule has 1 amide bonds. The minimum absolute atomic E-state index is 0.128. The van der Waals surface area contributed by atoms with E-state index in [4.69, 9.17) is 11.6 Å². The van der Waals surface area contributed by atoms with Crippen LogP contribution in [0.15, 0.2) is 48.5 Å². The Morgan fingerprint density at radius 3 is 1.54 bits per heavy atom. The van der Waals surface area contributed by atoms with E-state index in [1.54, 1.807) is 0 Å². The topological polar surface area (TPSA) is 55.4 Å². The molecule has 0 fully saturated rings. The van der Waals surface area contributed by atoms with Gasteiger partial charge in [0.1, 0.15) is 0 Å². The van der Waals surface area contributed by atoms with Crippen LogP contribution in [0.4, 0.5) is 0 Å². The van der Waals surface area contributed by atoms with Crippen LogP contribution in [0.3, 0.4) is 0 Å². The van der Waals surface area contributed by atoms with Crippen LogP contribution < -0.4 is 5.48 Å². The van der Waals surface area contributed by atoms with Crippen molar-refractivity contribution in [3.63, 3.8) is 0 Å². The van der Waals surface area contributed by atoms with Crippen molar-refractivity contribution in [2.75, 3.05) is 7.11 Å². The van der Waals surface area contributed by atoms with Gasteiger partial charge in [-0.3, -0.25) is 14.4 Å². The standard InChI is InChI=1S/C11H15NO2.C10H11ClO/c1-3-9-4-6-10(7-5-9)8-11(13)12-14-2;1-2-8-3-5-9(6-4-8)7-10(11)12/h4-7H,3,8H2,1-2H3,(H,12,13);3-6H,2,7H2,1H3. The lowest BCUT2D eigenvalue weighted by atomic mass is 10.1. The first kappa shape index (κ1) is 21.9. The van der Waals surface area contributed by atoms with Gasteiger partial charge < -0.3 is 0 Å². The van der Waals surface area contributed by atoms with E-state index in [9.17, 15) is 9.59 Å². The van der Waals surface area contributed by atoms with Crippen molar-refractivity contribution < 1.29 is 14.4 Å². The van der Waals surface area contributed by atoms with Gasteiger partial charge >= 0.3 is 0 Å². The molecule has 0 atom stereocenters. The van der Waals surface area contributed by atoms with Crippen LogP contribution in [0.25, 0.3) is 0 Å². The van der Waals surface area contributed by atoms with Crippen LogP contribution >= 0.6 is 11.6 Å². The van der Waals surface area contributed by atoms with E-state index in [0.717, 1.165) is 24.0 Å². The molecule has 1 N–H and O–H groups in total. The summed E-state index contributed by atoms with van der Waals surface area (Å²) in [5, 5.41) is -0.306. The second-order valence-electron chi connectivity index (χ2n) is 5.78. The van der Waals surface area contributed by atoms with E-state index in [-0.39, 0.29) is 11.1 Å². The summed E-state index contributed by atoms with van der Waals surface area (Å²) in [6, 6.07) is 15.9. The van der Waals surface area contributed by atoms with Gasteiger partial charge in [0, 0.05) is 6.42 Å². The van der Waals surface area contributed by atoms with Gasteiger partial charge in [0.15, 0.2) is 0 Å². The molecule has 0 unspecified atom stereocenters. The molecular weight excluding hydrogens is 350 g/mol. The predicted octanol–water partition coefficient (Wildman–Crippen LogP) is 4.03. The minimum Gasteiger partial charge on any atom is -0.281 e. The maximum Gasteiger partial charge on any atom is 0.247 e. The number of carbonyl (C=O) groups excluding carboxylic acids is 2. The number of rotatable bonds is 7. The lowest BCUT2D eigenvalue weighted by Crippen LogP contribution is -2.23. The van der Waals surface area contributed by atoms with Gasteiger partial charge in [-0.1, -0.05) is 62.4 Å². The molecule has 0 aliphatic carbocycles. The van der Waals surface area contributed by atoms with Crippen LogP contribution in [-0.2, 0) is 40.1 Å². The van der Waals surface area contributed by atoms with Gasteiger partial charge in [-0.2, -0.15) is 0 Å². The molecular formula is C21H26ClNO3. The average Bonchev–Trinajstić information content (AvgIpc) is 2.63. The fourth-order valence-corrected chi connectivity index (χ4v) is 2.44. The maximum absolute atomic E-state index is 11.1. The molecule has 0 heterocycles. The second kappa shape index (κ2) is 12.2. The molecule has 26 heavy (non-hydrogen) atoms. The first-order valence-corrected chi connectivity index (χ1v) is 9.02. The summed E-state index contributed by atoms with van der Waals surface area (Å²) < 4.78 is 0. The highest BCUT2D eigenvalue weighted by molar-refractivity contribution is 6.63. The van der Waals surface area contributed by atoms with Crippen LogP contribution in [0.1, 0.15) is 36.1 Å². The van der Waals surface area contributed by atoms with Crippen molar-refractivity contribution >= 4 is 22.8 Å². The molecule has 5 heteroatoms. The van der Waals surface area contributed by atoms with E-state index < -0.39 is 0 Å². The number of halogens is 1. The van der Waals surface area contributed by atoms with Crippen molar-refractivity contribution in [3.05, 3.63) is 70.8 Å². The summed E-state index contributed by atoms with van der Waals surface area (Å²) in [6.45, 7) is 4.20. The normalized spacial score (nSPS) is 9.85. The average molecular weight is 376 g/mol. The molecule has 0 aliphatic rings. The third-order valence-electron chi connectivity index (χ3n) is 3.79. The lowest BCUT2D eigenvalue weighted by Gasteiger charge is -2.03. The Hall–Kier alpha value is -2.17. The number of hydroxylamine groups is 1. The van der Waals surface area contributed by atoms with Crippen LogP contribution in [0.5, 0.6) is 0 Å². The summed E-state index contributed by atoms with van der Waals surface area (Å²) >= 11 is 5.25. The highest BCUT2D eigenvalue weighted by atomic mass is 35.5. The van der Waals surface area contributed by atoms with Crippen LogP contribution in [-0.4, -0.2) is 18.3 Å². The van der Waals surface area contributed by atoms with Crippen molar-refractivity contribution in [3.8, 4) is 0 Å². The predicted molar refractivity (Wildman–Crippen MR) is 105 cm³/mol. The zero-order chi connectivity index (χ0) is 19.4. The highest BCUT2D eigenvalue weighted by Crippen LogP contribution is 2.07. The first-order chi connectivity index (χ1) is 12.5. The van der Waals surface area contributed by atoms with Gasteiger partial charge in [-0.25, -0.2) is 5.48 Å². The monoisotopic (exact) mass is 375 g/mol. The molecule has 2 rings (SSSR count). The number of carbonyl (C=O) groups is 2. The molecule has 0 saturated heterocycles. The Morgan fingerprint density at radius 1 is 0.808 bits per heavy atom. The third kappa shape index (κ3) is 8.79. The Morgan fingerprint density at radius 2 is 1.19 bits per heavy atom. The zero-order valence-electron chi connectivity index (χ0n) is 15.5. The largest absolute Gasteiger partial charge is 0.281 e. The number of benzene rings is 2. The molecule has 4 nitrogen and oxygen atoms in total. The van der Waals surface area contributed by atoms with Gasteiger partial charge in [0.05, 0.1) is 13.5 Å². The molecule has 0 aliphatic heterocycles. The molecule has 0 spiro atoms. The van der Waals surface area contributed by atoms with Crippen molar-refractivity contribution in [2.45, 2.75) is 39.5 Å². The van der Waals surface area contributed by atoms with E-state index in [2.05, 4.69) is 24.2 Å². The quantitative estimate of drug-likeness (QED) is 0.587. The highest BCUT2D eigenvalue weighted by Gasteiger charge is 2.01. The Bertz CT molecular complexity index is 681. The molecule has 2 aromatic carbocycles. The number of hydrogen-bond acceptors (Lipinski definition) is 3. The Labute approximate surface area is 160 Å². The van der Waals surface area contributed by atoms with Gasteiger partial charge in [-0.15, -0.1) is 0 Å². The zero-order valence-corrected chi connectivity index (χ0v) is 16.3. The first-order valence-electron chi connectivity index (χ1n) is 8.64. The van der Waals surface area contributed by atoms with Crippen LogP contribution in [0.2, 0.25) is 0 Å². The molecule has 0 aromatic heterocycles. The van der Waals surface area contributed by atoms with Crippen LogP contribution in [0, 0.1) is 0 Å². The Balaban J connectivity index is 0.000000263. The second-order valence-corrected chi connectivity index (χ2v) is 6.20. The number of amides is 1. The molecule has 2 aromatic rings.